The number of hydrogen-bond donors (Lipinski definition) is 0. The third kappa shape index (κ3) is 2.53. The number of fused-ring (bicyclic) bond motifs is 1. The van der Waals surface area contributed by atoms with Gasteiger partial charge in [0.2, 0.25) is 0 Å². The van der Waals surface area contributed by atoms with Crippen LogP contribution in [-0.4, -0.2) is 58.1 Å². The number of likely N-dealkylation sites (N-methyl/N-ethyl adjacent to an activating group) is 1. The molecule has 6 nitrogen and oxygen atoms in total. The molecule has 1 spiro atoms. The van der Waals surface area contributed by atoms with Gasteiger partial charge >= 0.3 is 6.09 Å². The molecule has 2 fully saturated rings. The molecule has 120 valence electrons. The summed E-state index contributed by atoms with van der Waals surface area (Å²) < 4.78 is 5.60. The number of carbonyl (C=O) groups excluding carboxylic acids is 1. The first-order chi connectivity index (χ1) is 11.0. The molecule has 0 aliphatic carbocycles. The standard InChI is InChI=1S/C17H20N4O2/c1-12-15(19-14-6-4-3-5-13(14)18-12)9-21-8-7-17(11-21)10-20(2)16(22)23-17/h3-6H,7-11H2,1-2H3/t17-/m0/s1. The number of aromatic nitrogens is 2. The van der Waals surface area contributed by atoms with E-state index in [-0.39, 0.29) is 11.7 Å². The van der Waals surface area contributed by atoms with E-state index in [1.807, 2.05) is 31.2 Å². The Morgan fingerprint density at radius 1 is 1.22 bits per heavy atom. The summed E-state index contributed by atoms with van der Waals surface area (Å²) in [5.41, 5.74) is 3.47. The van der Waals surface area contributed by atoms with Crippen LogP contribution >= 0.6 is 0 Å². The van der Waals surface area contributed by atoms with Gasteiger partial charge in [0, 0.05) is 33.1 Å². The molecule has 2 aliphatic heterocycles. The molecule has 0 unspecified atom stereocenters. The molecule has 23 heavy (non-hydrogen) atoms. The minimum Gasteiger partial charge on any atom is -0.439 e. The maximum Gasteiger partial charge on any atom is 0.410 e. The van der Waals surface area contributed by atoms with Gasteiger partial charge < -0.3 is 9.64 Å². The molecule has 6 heteroatoms. The molecule has 0 radical (unpaired) electrons. The largest absolute Gasteiger partial charge is 0.439 e. The van der Waals surface area contributed by atoms with E-state index in [0.717, 1.165) is 48.5 Å². The van der Waals surface area contributed by atoms with Crippen LogP contribution in [0.15, 0.2) is 24.3 Å². The Morgan fingerprint density at radius 3 is 2.65 bits per heavy atom. The second kappa shape index (κ2) is 5.16. The summed E-state index contributed by atoms with van der Waals surface area (Å²) >= 11 is 0. The zero-order valence-electron chi connectivity index (χ0n) is 13.5. The molecule has 4 rings (SSSR count). The third-order valence-corrected chi connectivity index (χ3v) is 4.75. The molecule has 1 aromatic heterocycles. The van der Waals surface area contributed by atoms with Crippen molar-refractivity contribution >= 4 is 17.1 Å². The van der Waals surface area contributed by atoms with Gasteiger partial charge in [0.15, 0.2) is 0 Å². The number of nitrogens with zero attached hydrogens (tertiary/aromatic N) is 4. The van der Waals surface area contributed by atoms with Crippen LogP contribution in [0.25, 0.3) is 11.0 Å². The number of amides is 1. The smallest absolute Gasteiger partial charge is 0.410 e. The van der Waals surface area contributed by atoms with Crippen LogP contribution in [0.2, 0.25) is 0 Å². The lowest BCUT2D eigenvalue weighted by molar-refractivity contribution is 0.0626. The van der Waals surface area contributed by atoms with Crippen molar-refractivity contribution in [3.8, 4) is 0 Å². The summed E-state index contributed by atoms with van der Waals surface area (Å²) in [5, 5.41) is 0. The summed E-state index contributed by atoms with van der Waals surface area (Å²) in [5.74, 6) is 0. The molecule has 3 heterocycles. The maximum absolute atomic E-state index is 11.7. The monoisotopic (exact) mass is 312 g/mol. The van der Waals surface area contributed by atoms with Gasteiger partial charge in [-0.2, -0.15) is 0 Å². The Bertz CT molecular complexity index is 778. The fourth-order valence-corrected chi connectivity index (χ4v) is 3.55. The van der Waals surface area contributed by atoms with Crippen LogP contribution < -0.4 is 0 Å². The number of benzene rings is 1. The van der Waals surface area contributed by atoms with Crippen LogP contribution in [0.1, 0.15) is 17.8 Å². The van der Waals surface area contributed by atoms with Gasteiger partial charge in [0.05, 0.1) is 29.0 Å². The predicted molar refractivity (Wildman–Crippen MR) is 86.0 cm³/mol. The summed E-state index contributed by atoms with van der Waals surface area (Å²) in [6.07, 6.45) is 0.664. The lowest BCUT2D eigenvalue weighted by atomic mass is 10.0. The first-order valence-corrected chi connectivity index (χ1v) is 7.93. The first kappa shape index (κ1) is 14.4. The fraction of sp³-hybridized carbons (Fsp3) is 0.471. The zero-order valence-corrected chi connectivity index (χ0v) is 13.5. The van der Waals surface area contributed by atoms with Crippen molar-refractivity contribution in [2.45, 2.75) is 25.5 Å². The van der Waals surface area contributed by atoms with Crippen LogP contribution in [-0.2, 0) is 11.3 Å². The quantitative estimate of drug-likeness (QED) is 0.848. The van der Waals surface area contributed by atoms with E-state index in [9.17, 15) is 4.79 Å². The van der Waals surface area contributed by atoms with E-state index in [4.69, 9.17) is 9.72 Å². The van der Waals surface area contributed by atoms with E-state index >= 15 is 0 Å². The highest BCUT2D eigenvalue weighted by Crippen LogP contribution is 2.32. The third-order valence-electron chi connectivity index (χ3n) is 4.75. The number of likely N-dealkylation sites (tertiary alicyclic amines) is 1. The normalized spacial score (nSPS) is 24.8. The minimum absolute atomic E-state index is 0.214. The summed E-state index contributed by atoms with van der Waals surface area (Å²) in [4.78, 5) is 25.0. The Labute approximate surface area is 135 Å². The highest BCUT2D eigenvalue weighted by molar-refractivity contribution is 5.74. The summed E-state index contributed by atoms with van der Waals surface area (Å²) in [6.45, 7) is 5.09. The van der Waals surface area contributed by atoms with Gasteiger partial charge in [-0.1, -0.05) is 12.1 Å². The van der Waals surface area contributed by atoms with Crippen molar-refractivity contribution in [2.75, 3.05) is 26.7 Å². The van der Waals surface area contributed by atoms with Gasteiger partial charge in [0.1, 0.15) is 5.60 Å². The summed E-state index contributed by atoms with van der Waals surface area (Å²) in [6, 6.07) is 7.93. The van der Waals surface area contributed by atoms with Crippen molar-refractivity contribution < 1.29 is 9.53 Å². The molecular weight excluding hydrogens is 292 g/mol. The lowest BCUT2D eigenvalue weighted by Crippen LogP contribution is -2.37. The Hall–Kier alpha value is -2.21. The molecule has 0 saturated carbocycles. The number of hydrogen-bond acceptors (Lipinski definition) is 5. The summed E-state index contributed by atoms with van der Waals surface area (Å²) in [7, 11) is 1.79. The van der Waals surface area contributed by atoms with Gasteiger partial charge in [-0.25, -0.2) is 14.8 Å². The van der Waals surface area contributed by atoms with Crippen molar-refractivity contribution in [1.82, 2.24) is 19.8 Å². The predicted octanol–water partition coefficient (Wildman–Crippen LogP) is 1.96. The molecule has 0 bridgehead atoms. The molecule has 1 amide bonds. The number of ether oxygens (including phenoxy) is 1. The molecule has 1 aromatic carbocycles. The lowest BCUT2D eigenvalue weighted by Gasteiger charge is -2.22. The fourth-order valence-electron chi connectivity index (χ4n) is 3.55. The number of carbonyl (C=O) groups is 1. The van der Waals surface area contributed by atoms with E-state index in [1.54, 1.807) is 11.9 Å². The van der Waals surface area contributed by atoms with Gasteiger partial charge in [-0.05, 0) is 19.1 Å². The SMILES string of the molecule is Cc1nc2ccccc2nc1CN1CC[C@@]2(C1)CN(C)C(=O)O2. The van der Waals surface area contributed by atoms with E-state index in [2.05, 4.69) is 9.88 Å². The average Bonchev–Trinajstić information content (AvgIpc) is 3.03. The number of para-hydroxylation sites is 2. The maximum atomic E-state index is 11.7. The van der Waals surface area contributed by atoms with Crippen molar-refractivity contribution in [3.05, 3.63) is 35.7 Å². The topological polar surface area (TPSA) is 58.6 Å². The van der Waals surface area contributed by atoms with Crippen LogP contribution in [0.4, 0.5) is 4.79 Å². The van der Waals surface area contributed by atoms with Gasteiger partial charge in [0.25, 0.3) is 0 Å². The molecule has 2 saturated heterocycles. The molecule has 2 aliphatic rings. The van der Waals surface area contributed by atoms with Gasteiger partial charge in [-0.15, -0.1) is 0 Å². The Kier molecular flexibility index (Phi) is 3.23. The Balaban J connectivity index is 1.53. The van der Waals surface area contributed by atoms with Gasteiger partial charge in [-0.3, -0.25) is 4.90 Å². The second-order valence-corrected chi connectivity index (χ2v) is 6.61. The highest BCUT2D eigenvalue weighted by Gasteiger charge is 2.48. The molecule has 1 atom stereocenters. The molecule has 0 N–H and O–H groups in total. The van der Waals surface area contributed by atoms with Crippen LogP contribution in [0.5, 0.6) is 0 Å². The zero-order chi connectivity index (χ0) is 16.0. The Morgan fingerprint density at radius 2 is 1.96 bits per heavy atom. The molecule has 2 aromatic rings. The van der Waals surface area contributed by atoms with Crippen molar-refractivity contribution in [2.24, 2.45) is 0 Å². The first-order valence-electron chi connectivity index (χ1n) is 7.93. The van der Waals surface area contributed by atoms with Crippen LogP contribution in [0, 0.1) is 6.92 Å². The molecular formula is C17H20N4O2. The number of aryl methyl sites for hydroxylation is 1. The van der Waals surface area contributed by atoms with Crippen molar-refractivity contribution in [3.63, 3.8) is 0 Å². The minimum atomic E-state index is -0.343. The number of rotatable bonds is 2. The highest BCUT2D eigenvalue weighted by atomic mass is 16.6. The van der Waals surface area contributed by atoms with E-state index in [0.29, 0.717) is 6.54 Å². The average molecular weight is 312 g/mol. The second-order valence-electron chi connectivity index (χ2n) is 6.61. The van der Waals surface area contributed by atoms with E-state index in [1.165, 1.54) is 0 Å². The van der Waals surface area contributed by atoms with Crippen molar-refractivity contribution in [1.29, 1.82) is 0 Å². The van der Waals surface area contributed by atoms with E-state index < -0.39 is 0 Å². The van der Waals surface area contributed by atoms with Crippen LogP contribution in [0.3, 0.4) is 0 Å².